The molecule has 5 nitrogen and oxygen atoms in total. The average molecular weight is 363 g/mol. The van der Waals surface area contributed by atoms with E-state index < -0.39 is 5.82 Å². The first-order valence-electron chi connectivity index (χ1n) is 8.30. The Bertz CT molecular complexity index is 735. The minimum Gasteiger partial charge on any atom is -0.309 e. The molecule has 0 bridgehead atoms. The quantitative estimate of drug-likeness (QED) is 0.901. The van der Waals surface area contributed by atoms with Crippen LogP contribution in [-0.2, 0) is 4.79 Å². The number of aromatic nitrogens is 2. The van der Waals surface area contributed by atoms with E-state index in [9.17, 15) is 9.18 Å². The number of benzene rings is 1. The number of hydrogen-bond acceptors (Lipinski definition) is 4. The zero-order valence-electron chi connectivity index (χ0n) is 14.0. The van der Waals surface area contributed by atoms with Crippen LogP contribution in [0.4, 0.5) is 10.2 Å². The summed E-state index contributed by atoms with van der Waals surface area (Å²) < 4.78 is 13.3. The van der Waals surface area contributed by atoms with Gasteiger partial charge in [0.25, 0.3) is 0 Å². The van der Waals surface area contributed by atoms with Crippen LogP contribution < -0.4 is 5.32 Å². The van der Waals surface area contributed by atoms with Gasteiger partial charge >= 0.3 is 0 Å². The molecule has 1 aliphatic heterocycles. The molecule has 0 radical (unpaired) electrons. The molecule has 1 fully saturated rings. The van der Waals surface area contributed by atoms with E-state index in [1.807, 2.05) is 0 Å². The number of nitrogens with one attached hydrogen (secondary N) is 1. The van der Waals surface area contributed by atoms with Gasteiger partial charge in [0, 0.05) is 24.4 Å². The summed E-state index contributed by atoms with van der Waals surface area (Å²) in [5.74, 6) is 0.0150. The zero-order chi connectivity index (χ0) is 17.8. The number of amides is 1. The Kier molecular flexibility index (Phi) is 5.60. The lowest BCUT2D eigenvalue weighted by molar-refractivity contribution is -0.121. The summed E-state index contributed by atoms with van der Waals surface area (Å²) in [4.78, 5) is 22.6. The van der Waals surface area contributed by atoms with Crippen LogP contribution in [0.3, 0.4) is 0 Å². The first-order valence-corrected chi connectivity index (χ1v) is 8.68. The van der Waals surface area contributed by atoms with Crippen molar-refractivity contribution in [3.63, 3.8) is 0 Å². The van der Waals surface area contributed by atoms with Crippen LogP contribution >= 0.6 is 11.6 Å². The van der Waals surface area contributed by atoms with Crippen LogP contribution in [0.25, 0.3) is 0 Å². The molecular weight excluding hydrogens is 343 g/mol. The number of nitrogens with zero attached hydrogens (tertiary/aromatic N) is 3. The fraction of sp³-hybridized carbons (Fsp3) is 0.389. The van der Waals surface area contributed by atoms with Crippen LogP contribution in [0.1, 0.15) is 31.4 Å². The van der Waals surface area contributed by atoms with Crippen molar-refractivity contribution in [3.8, 4) is 0 Å². The molecule has 1 saturated heterocycles. The van der Waals surface area contributed by atoms with Gasteiger partial charge in [0.15, 0.2) is 5.82 Å². The summed E-state index contributed by atoms with van der Waals surface area (Å²) in [7, 11) is 0. The second-order valence-corrected chi connectivity index (χ2v) is 6.65. The molecule has 132 valence electrons. The van der Waals surface area contributed by atoms with E-state index in [0.717, 1.165) is 31.5 Å². The molecule has 0 unspecified atom stereocenters. The van der Waals surface area contributed by atoms with Crippen molar-refractivity contribution in [1.82, 2.24) is 14.9 Å². The molecule has 0 saturated carbocycles. The first kappa shape index (κ1) is 17.8. The molecule has 0 spiro atoms. The van der Waals surface area contributed by atoms with E-state index in [1.165, 1.54) is 12.3 Å². The third-order valence-electron chi connectivity index (χ3n) is 4.69. The summed E-state index contributed by atoms with van der Waals surface area (Å²) >= 11 is 5.88. The van der Waals surface area contributed by atoms with E-state index in [-0.39, 0.29) is 22.9 Å². The highest BCUT2D eigenvalue weighted by Crippen LogP contribution is 2.29. The minimum absolute atomic E-state index is 0.0161. The third-order valence-corrected chi connectivity index (χ3v) is 4.98. The van der Waals surface area contributed by atoms with Crippen molar-refractivity contribution in [2.45, 2.75) is 25.8 Å². The molecule has 7 heteroatoms. The standard InChI is InChI=1S/C18H20ClFN4O/c1-12(14-2-3-16(20)15(19)10-14)24-8-4-13(5-9-24)18(25)23-17-11-21-6-7-22-17/h2-3,6-7,10-13H,4-5,8-9H2,1H3,(H,22,23,25)/t12-/m0/s1. The Morgan fingerprint density at radius 1 is 1.36 bits per heavy atom. The summed E-state index contributed by atoms with van der Waals surface area (Å²) in [5.41, 5.74) is 0.980. The lowest BCUT2D eigenvalue weighted by Crippen LogP contribution is -2.39. The van der Waals surface area contributed by atoms with Crippen molar-refractivity contribution in [2.24, 2.45) is 5.92 Å². The largest absolute Gasteiger partial charge is 0.309 e. The molecule has 0 aliphatic carbocycles. The van der Waals surface area contributed by atoms with Crippen LogP contribution in [0, 0.1) is 11.7 Å². The predicted molar refractivity (Wildman–Crippen MR) is 94.8 cm³/mol. The topological polar surface area (TPSA) is 58.1 Å². The summed E-state index contributed by atoms with van der Waals surface area (Å²) in [5, 5.41) is 2.95. The van der Waals surface area contributed by atoms with E-state index in [1.54, 1.807) is 24.5 Å². The predicted octanol–water partition coefficient (Wildman–Crippen LogP) is 3.68. The van der Waals surface area contributed by atoms with Gasteiger partial charge < -0.3 is 5.32 Å². The van der Waals surface area contributed by atoms with Crippen molar-refractivity contribution < 1.29 is 9.18 Å². The van der Waals surface area contributed by atoms with Gasteiger partial charge in [-0.25, -0.2) is 9.37 Å². The van der Waals surface area contributed by atoms with E-state index in [0.29, 0.717) is 5.82 Å². The Hall–Kier alpha value is -2.05. The highest BCUT2D eigenvalue weighted by atomic mass is 35.5. The molecule has 1 aromatic carbocycles. The van der Waals surface area contributed by atoms with E-state index in [2.05, 4.69) is 27.1 Å². The van der Waals surface area contributed by atoms with Crippen molar-refractivity contribution in [1.29, 1.82) is 0 Å². The van der Waals surface area contributed by atoms with Crippen LogP contribution in [0.15, 0.2) is 36.8 Å². The van der Waals surface area contributed by atoms with Gasteiger partial charge in [-0.1, -0.05) is 17.7 Å². The normalized spacial score (nSPS) is 17.2. The fourth-order valence-electron chi connectivity index (χ4n) is 3.12. The number of piperidine rings is 1. The highest BCUT2D eigenvalue weighted by Gasteiger charge is 2.28. The molecule has 3 rings (SSSR count). The van der Waals surface area contributed by atoms with Gasteiger partial charge in [-0.15, -0.1) is 0 Å². The van der Waals surface area contributed by atoms with Gasteiger partial charge in [0.05, 0.1) is 11.2 Å². The maximum absolute atomic E-state index is 13.3. The third kappa shape index (κ3) is 4.32. The summed E-state index contributed by atoms with van der Waals surface area (Å²) in [6.45, 7) is 3.67. The summed E-state index contributed by atoms with van der Waals surface area (Å²) in [6, 6.07) is 4.96. The first-order chi connectivity index (χ1) is 12.0. The molecule has 2 heterocycles. The molecule has 1 amide bonds. The number of carbonyl (C=O) groups excluding carboxylic acids is 1. The number of rotatable bonds is 4. The highest BCUT2D eigenvalue weighted by molar-refractivity contribution is 6.30. The van der Waals surface area contributed by atoms with Gasteiger partial charge in [-0.3, -0.25) is 14.7 Å². The SMILES string of the molecule is C[C@@H](c1ccc(F)c(Cl)c1)N1CCC(C(=O)Nc2cnccn2)CC1. The molecular formula is C18H20ClFN4O. The van der Waals surface area contributed by atoms with Crippen molar-refractivity contribution >= 4 is 23.3 Å². The fourth-order valence-corrected chi connectivity index (χ4v) is 3.31. The van der Waals surface area contributed by atoms with Crippen LogP contribution in [0.2, 0.25) is 5.02 Å². The Morgan fingerprint density at radius 2 is 2.12 bits per heavy atom. The van der Waals surface area contributed by atoms with E-state index in [4.69, 9.17) is 11.6 Å². The second-order valence-electron chi connectivity index (χ2n) is 6.24. The second kappa shape index (κ2) is 7.89. The maximum Gasteiger partial charge on any atom is 0.228 e. The molecule has 25 heavy (non-hydrogen) atoms. The lowest BCUT2D eigenvalue weighted by Gasteiger charge is -2.35. The number of anilines is 1. The Balaban J connectivity index is 1.56. The molecule has 1 N–H and O–H groups in total. The van der Waals surface area contributed by atoms with Gasteiger partial charge in [-0.2, -0.15) is 0 Å². The van der Waals surface area contributed by atoms with Crippen molar-refractivity contribution in [2.75, 3.05) is 18.4 Å². The molecule has 1 aromatic heterocycles. The molecule has 1 aliphatic rings. The van der Waals surface area contributed by atoms with Crippen LogP contribution in [0.5, 0.6) is 0 Å². The van der Waals surface area contributed by atoms with Crippen LogP contribution in [-0.4, -0.2) is 33.9 Å². The van der Waals surface area contributed by atoms with Gasteiger partial charge in [0.1, 0.15) is 5.82 Å². The minimum atomic E-state index is -0.406. The van der Waals surface area contributed by atoms with Gasteiger partial charge in [-0.05, 0) is 50.6 Å². The monoisotopic (exact) mass is 362 g/mol. The smallest absolute Gasteiger partial charge is 0.228 e. The van der Waals surface area contributed by atoms with E-state index >= 15 is 0 Å². The summed E-state index contributed by atoms with van der Waals surface area (Å²) in [6.07, 6.45) is 6.19. The lowest BCUT2D eigenvalue weighted by atomic mass is 9.94. The Morgan fingerprint density at radius 3 is 2.76 bits per heavy atom. The number of carbonyl (C=O) groups is 1. The van der Waals surface area contributed by atoms with Gasteiger partial charge in [0.2, 0.25) is 5.91 Å². The number of halogens is 2. The Labute approximate surface area is 151 Å². The van der Waals surface area contributed by atoms with Crippen molar-refractivity contribution in [3.05, 3.63) is 53.2 Å². The average Bonchev–Trinajstić information content (AvgIpc) is 2.64. The maximum atomic E-state index is 13.3. The molecule has 1 atom stereocenters. The number of hydrogen-bond donors (Lipinski definition) is 1. The zero-order valence-corrected chi connectivity index (χ0v) is 14.7. The molecule has 2 aromatic rings. The number of likely N-dealkylation sites (tertiary alicyclic amines) is 1.